The molecule has 0 fully saturated rings. The van der Waals surface area contributed by atoms with Crippen LogP contribution < -0.4 is 0 Å². The van der Waals surface area contributed by atoms with Crippen LogP contribution in [0.2, 0.25) is 0 Å². The van der Waals surface area contributed by atoms with Gasteiger partial charge in [0.25, 0.3) is 0 Å². The number of pyridine rings is 1. The summed E-state index contributed by atoms with van der Waals surface area (Å²) < 4.78 is 2.41. The van der Waals surface area contributed by atoms with Gasteiger partial charge in [-0.05, 0) is 69.8 Å². The van der Waals surface area contributed by atoms with Crippen LogP contribution in [0.15, 0.2) is 132 Å². The van der Waals surface area contributed by atoms with Crippen molar-refractivity contribution in [3.63, 3.8) is 0 Å². The van der Waals surface area contributed by atoms with E-state index in [4.69, 9.17) is 4.98 Å². The highest BCUT2D eigenvalue weighted by atomic mass is 32.2. The molecule has 1 aliphatic heterocycles. The molecule has 0 saturated carbocycles. The number of allylic oxidation sites excluding steroid dienone is 8. The van der Waals surface area contributed by atoms with E-state index in [0.29, 0.717) is 11.2 Å². The second-order valence-corrected chi connectivity index (χ2v) is 13.6. The van der Waals surface area contributed by atoms with E-state index in [1.165, 1.54) is 54.9 Å². The Morgan fingerprint density at radius 2 is 1.67 bits per heavy atom. The third-order valence-electron chi connectivity index (χ3n) is 10.3. The fourth-order valence-corrected chi connectivity index (χ4v) is 9.66. The Labute approximate surface area is 255 Å². The number of nitrogens with zero attached hydrogens (tertiary/aromatic N) is 2. The minimum absolute atomic E-state index is 0.192. The average Bonchev–Trinajstić information content (AvgIpc) is 3.57. The van der Waals surface area contributed by atoms with Crippen LogP contribution in [0.3, 0.4) is 0 Å². The first-order valence-corrected chi connectivity index (χ1v) is 16.1. The molecular weight excluding hydrogens is 541 g/mol. The minimum Gasteiger partial charge on any atom is -0.294 e. The van der Waals surface area contributed by atoms with Crippen molar-refractivity contribution in [2.45, 2.75) is 28.4 Å². The first-order chi connectivity index (χ1) is 21.2. The molecule has 5 aromatic rings. The second-order valence-electron chi connectivity index (χ2n) is 12.4. The molecule has 4 unspecified atom stereocenters. The summed E-state index contributed by atoms with van der Waals surface area (Å²) in [6, 6.07) is 28.8. The molecule has 0 amide bonds. The first kappa shape index (κ1) is 23.9. The Morgan fingerprint density at radius 3 is 2.60 bits per heavy atom. The molecule has 43 heavy (non-hydrogen) atoms. The van der Waals surface area contributed by atoms with Gasteiger partial charge in [0.15, 0.2) is 0 Å². The topological polar surface area (TPSA) is 17.8 Å². The number of hydrogen-bond acceptors (Lipinski definition) is 2. The third-order valence-corrected chi connectivity index (χ3v) is 11.6. The maximum atomic E-state index is 5.25. The fraction of sp³-hybridized carbons (Fsp3) is 0.125. The molecule has 4 aliphatic carbocycles. The van der Waals surface area contributed by atoms with Crippen LogP contribution in [0.4, 0.5) is 0 Å². The first-order valence-electron chi connectivity index (χ1n) is 15.2. The molecule has 3 heteroatoms. The Hall–Kier alpha value is -4.60. The molecule has 5 aliphatic rings. The molecule has 3 aromatic carbocycles. The van der Waals surface area contributed by atoms with Gasteiger partial charge in [-0.15, -0.1) is 11.8 Å². The van der Waals surface area contributed by atoms with E-state index in [9.17, 15) is 0 Å². The summed E-state index contributed by atoms with van der Waals surface area (Å²) in [5.74, 6) is 1.69. The normalized spacial score (nSPS) is 24.9. The summed E-state index contributed by atoms with van der Waals surface area (Å²) in [5.41, 5.74) is 12.8. The van der Waals surface area contributed by atoms with E-state index in [2.05, 4.69) is 145 Å². The predicted octanol–water partition coefficient (Wildman–Crippen LogP) is 9.91. The smallest absolute Gasteiger partial charge is 0.138 e. The number of aromatic nitrogens is 2. The Morgan fingerprint density at radius 1 is 0.791 bits per heavy atom. The molecule has 0 saturated heterocycles. The van der Waals surface area contributed by atoms with E-state index >= 15 is 0 Å². The Balaban J connectivity index is 1.29. The third kappa shape index (κ3) is 3.08. The Kier molecular flexibility index (Phi) is 4.72. The van der Waals surface area contributed by atoms with Crippen molar-refractivity contribution in [1.82, 2.24) is 9.55 Å². The molecule has 2 nitrogen and oxygen atoms in total. The van der Waals surface area contributed by atoms with Gasteiger partial charge in [-0.3, -0.25) is 4.57 Å². The zero-order valence-corrected chi connectivity index (χ0v) is 24.6. The van der Waals surface area contributed by atoms with Crippen molar-refractivity contribution < 1.29 is 0 Å². The quantitative estimate of drug-likeness (QED) is 0.211. The summed E-state index contributed by atoms with van der Waals surface area (Å²) in [6.07, 6.45) is 21.0. The summed E-state index contributed by atoms with van der Waals surface area (Å²) in [6.45, 7) is 2.48. The van der Waals surface area contributed by atoms with Crippen LogP contribution >= 0.6 is 11.8 Å². The molecule has 0 radical (unpaired) electrons. The molecule has 0 bridgehead atoms. The van der Waals surface area contributed by atoms with Gasteiger partial charge in [0.05, 0.1) is 16.9 Å². The lowest BCUT2D eigenvalue weighted by Crippen LogP contribution is -2.35. The number of fused-ring (bicyclic) bond motifs is 6. The van der Waals surface area contributed by atoms with E-state index in [-0.39, 0.29) is 11.3 Å². The van der Waals surface area contributed by atoms with Crippen molar-refractivity contribution >= 4 is 34.3 Å². The number of benzene rings is 3. The average molecular weight is 569 g/mol. The van der Waals surface area contributed by atoms with Gasteiger partial charge >= 0.3 is 0 Å². The predicted molar refractivity (Wildman–Crippen MR) is 180 cm³/mol. The zero-order chi connectivity index (χ0) is 28.3. The highest BCUT2D eigenvalue weighted by Gasteiger charge is 2.48. The van der Waals surface area contributed by atoms with Crippen molar-refractivity contribution in [3.8, 4) is 28.2 Å². The number of thioether (sulfide) groups is 1. The molecule has 0 N–H and O–H groups in total. The summed E-state index contributed by atoms with van der Waals surface area (Å²) in [4.78, 5) is 6.67. The van der Waals surface area contributed by atoms with Crippen LogP contribution in [0.1, 0.15) is 35.2 Å². The van der Waals surface area contributed by atoms with Gasteiger partial charge in [0.1, 0.15) is 5.82 Å². The van der Waals surface area contributed by atoms with Crippen molar-refractivity contribution in [2.24, 2.45) is 5.92 Å². The minimum atomic E-state index is -0.192. The lowest BCUT2D eigenvalue weighted by atomic mass is 9.61. The lowest BCUT2D eigenvalue weighted by Gasteiger charge is -2.42. The molecule has 3 heterocycles. The van der Waals surface area contributed by atoms with Gasteiger partial charge in [0, 0.05) is 38.3 Å². The fourth-order valence-electron chi connectivity index (χ4n) is 8.30. The molecule has 2 aromatic heterocycles. The van der Waals surface area contributed by atoms with Crippen LogP contribution in [0.25, 0.3) is 50.8 Å². The van der Waals surface area contributed by atoms with Crippen LogP contribution in [0.5, 0.6) is 0 Å². The van der Waals surface area contributed by atoms with Crippen molar-refractivity contribution in [2.75, 3.05) is 0 Å². The van der Waals surface area contributed by atoms with Gasteiger partial charge in [-0.25, -0.2) is 4.98 Å². The maximum absolute atomic E-state index is 5.25. The van der Waals surface area contributed by atoms with E-state index in [1.54, 1.807) is 0 Å². The Bertz CT molecular complexity index is 2190. The summed E-state index contributed by atoms with van der Waals surface area (Å²) >= 11 is 2.02. The molecule has 10 rings (SSSR count). The largest absolute Gasteiger partial charge is 0.294 e. The molecule has 0 spiro atoms. The molecule has 204 valence electrons. The van der Waals surface area contributed by atoms with E-state index < -0.39 is 0 Å². The van der Waals surface area contributed by atoms with Crippen molar-refractivity contribution in [3.05, 3.63) is 150 Å². The zero-order valence-electron chi connectivity index (χ0n) is 23.7. The van der Waals surface area contributed by atoms with Crippen LogP contribution in [0, 0.1) is 5.92 Å². The maximum Gasteiger partial charge on any atom is 0.138 e. The number of hydrogen-bond donors (Lipinski definition) is 0. The highest BCUT2D eigenvalue weighted by molar-refractivity contribution is 8.00. The second kappa shape index (κ2) is 8.49. The standard InChI is InChI=1S/C40H28N2S/c1-40-25-12-7-15-31(40)29-22-30-26-13-5-6-18-35(26)43-36(30)23-28(29)27-14-8-17-33-38(27)39(40)34(21-20-25)42(33)37-19-9-16-32(41-37)24-10-3-2-4-11-24/h2-23,25-26,35H,1H3. The van der Waals surface area contributed by atoms with Crippen molar-refractivity contribution in [1.29, 1.82) is 0 Å². The van der Waals surface area contributed by atoms with Crippen LogP contribution in [-0.4, -0.2) is 14.8 Å². The van der Waals surface area contributed by atoms with Gasteiger partial charge in [0.2, 0.25) is 0 Å². The monoisotopic (exact) mass is 568 g/mol. The molecule has 4 atom stereocenters. The molecular formula is C40H28N2S. The van der Waals surface area contributed by atoms with Gasteiger partial charge in [-0.1, -0.05) is 104 Å². The number of rotatable bonds is 2. The van der Waals surface area contributed by atoms with E-state index in [1.807, 2.05) is 11.8 Å². The highest BCUT2D eigenvalue weighted by Crippen LogP contribution is 2.60. The summed E-state index contributed by atoms with van der Waals surface area (Å²) in [5, 5.41) is 1.84. The SMILES string of the molecule is CC12C3=CC=CC1C=Cc1c2c2c(cccc2n1-c1cccc(-c2ccccc2)n1)-c1cc2c(cc13)C1C=CC=CC1S2. The van der Waals surface area contributed by atoms with Gasteiger partial charge in [-0.2, -0.15) is 0 Å². The van der Waals surface area contributed by atoms with E-state index in [0.717, 1.165) is 17.1 Å². The lowest BCUT2D eigenvalue weighted by molar-refractivity contribution is 0.514. The van der Waals surface area contributed by atoms with Gasteiger partial charge < -0.3 is 0 Å². The summed E-state index contributed by atoms with van der Waals surface area (Å²) in [7, 11) is 0. The van der Waals surface area contributed by atoms with Crippen LogP contribution in [-0.2, 0) is 5.41 Å².